The molecule has 128 valence electrons. The van der Waals surface area contributed by atoms with E-state index in [1.807, 2.05) is 0 Å². The number of carbonyl (C=O) groups is 1. The number of thiazole rings is 1. The van der Waals surface area contributed by atoms with Crippen molar-refractivity contribution in [2.75, 3.05) is 19.0 Å². The first-order valence-electron chi connectivity index (χ1n) is 8.00. The molecule has 5 heteroatoms. The summed E-state index contributed by atoms with van der Waals surface area (Å²) >= 11 is 1.47. The molecule has 0 radical (unpaired) electrons. The monoisotopic (exact) mass is 352 g/mol. The van der Waals surface area contributed by atoms with E-state index in [1.54, 1.807) is 0 Å². The zero-order valence-electron chi connectivity index (χ0n) is 14.5. The number of aryl methyl sites for hydroxylation is 2. The van der Waals surface area contributed by atoms with Gasteiger partial charge in [-0.1, -0.05) is 71.0 Å². The number of nitrogens with zero attached hydrogens (tertiary/aromatic N) is 1. The number of ether oxygens (including phenoxy) is 1. The van der Waals surface area contributed by atoms with Crippen molar-refractivity contribution in [1.82, 2.24) is 4.98 Å². The van der Waals surface area contributed by atoms with Crippen LogP contribution in [0.15, 0.2) is 48.5 Å². The summed E-state index contributed by atoms with van der Waals surface area (Å²) in [5.41, 5.74) is 5.40. The Morgan fingerprint density at radius 1 is 1.00 bits per heavy atom. The molecule has 0 aliphatic carbocycles. The number of anilines is 1. The van der Waals surface area contributed by atoms with Crippen LogP contribution in [-0.2, 0) is 9.53 Å². The zero-order chi connectivity index (χ0) is 17.8. The summed E-state index contributed by atoms with van der Waals surface area (Å²) in [5, 5.41) is 3.39. The second-order valence-corrected chi connectivity index (χ2v) is 6.91. The molecule has 2 aromatic carbocycles. The van der Waals surface area contributed by atoms with Crippen LogP contribution in [-0.4, -0.2) is 24.6 Å². The largest absolute Gasteiger partial charge is 0.375 e. The molecule has 0 atom stereocenters. The Morgan fingerprint density at radius 3 is 2.12 bits per heavy atom. The predicted octanol–water partition coefficient (Wildman–Crippen LogP) is 4.68. The average molecular weight is 352 g/mol. The fraction of sp³-hybridized carbons (Fsp3) is 0.200. The number of amides is 1. The van der Waals surface area contributed by atoms with E-state index in [1.165, 1.54) is 29.6 Å². The number of methoxy groups -OCH3 is 1. The topological polar surface area (TPSA) is 51.2 Å². The van der Waals surface area contributed by atoms with Crippen LogP contribution in [0.25, 0.3) is 21.7 Å². The van der Waals surface area contributed by atoms with Crippen LogP contribution in [0.5, 0.6) is 0 Å². The quantitative estimate of drug-likeness (QED) is 0.725. The van der Waals surface area contributed by atoms with Crippen LogP contribution in [0.3, 0.4) is 0 Å². The Morgan fingerprint density at radius 2 is 1.56 bits per heavy atom. The van der Waals surface area contributed by atoms with Gasteiger partial charge < -0.3 is 4.74 Å². The van der Waals surface area contributed by atoms with Gasteiger partial charge >= 0.3 is 0 Å². The van der Waals surface area contributed by atoms with Crippen molar-refractivity contribution in [3.63, 3.8) is 0 Å². The smallest absolute Gasteiger partial charge is 0.252 e. The molecular weight excluding hydrogens is 332 g/mol. The molecule has 0 bridgehead atoms. The zero-order valence-corrected chi connectivity index (χ0v) is 15.3. The third-order valence-corrected chi connectivity index (χ3v) is 4.81. The molecule has 3 aromatic rings. The first kappa shape index (κ1) is 17.3. The number of carbonyl (C=O) groups excluding carboxylic acids is 1. The number of rotatable bonds is 5. The van der Waals surface area contributed by atoms with Crippen molar-refractivity contribution < 1.29 is 9.53 Å². The van der Waals surface area contributed by atoms with Crippen LogP contribution in [0.1, 0.15) is 11.1 Å². The van der Waals surface area contributed by atoms with Crippen LogP contribution in [0, 0.1) is 13.8 Å². The number of hydrogen-bond acceptors (Lipinski definition) is 4. The molecule has 4 nitrogen and oxygen atoms in total. The van der Waals surface area contributed by atoms with Gasteiger partial charge in [-0.2, -0.15) is 0 Å². The fourth-order valence-corrected chi connectivity index (χ4v) is 3.48. The van der Waals surface area contributed by atoms with Crippen molar-refractivity contribution in [2.45, 2.75) is 13.8 Å². The molecule has 0 spiro atoms. The summed E-state index contributed by atoms with van der Waals surface area (Å²) in [5.74, 6) is -0.206. The van der Waals surface area contributed by atoms with Crippen LogP contribution in [0.4, 0.5) is 5.13 Å². The van der Waals surface area contributed by atoms with E-state index >= 15 is 0 Å². The molecule has 25 heavy (non-hydrogen) atoms. The van der Waals surface area contributed by atoms with E-state index < -0.39 is 0 Å². The van der Waals surface area contributed by atoms with Crippen LogP contribution < -0.4 is 5.32 Å². The third-order valence-electron chi connectivity index (χ3n) is 3.79. The van der Waals surface area contributed by atoms with E-state index in [0.29, 0.717) is 5.13 Å². The van der Waals surface area contributed by atoms with Crippen molar-refractivity contribution >= 4 is 22.4 Å². The second kappa shape index (κ2) is 7.59. The molecule has 1 heterocycles. The summed E-state index contributed by atoms with van der Waals surface area (Å²) in [6.07, 6.45) is 0. The molecule has 0 aliphatic heterocycles. The highest BCUT2D eigenvalue weighted by molar-refractivity contribution is 7.19. The summed E-state index contributed by atoms with van der Waals surface area (Å²) in [6, 6.07) is 16.6. The van der Waals surface area contributed by atoms with Gasteiger partial charge in [-0.05, 0) is 19.4 Å². The van der Waals surface area contributed by atoms with Crippen molar-refractivity contribution in [2.24, 2.45) is 0 Å². The molecule has 3 rings (SSSR count). The number of benzene rings is 2. The molecule has 1 N–H and O–H groups in total. The van der Waals surface area contributed by atoms with E-state index in [0.717, 1.165) is 21.7 Å². The Hall–Kier alpha value is -2.50. The standard InChI is InChI=1S/C20H20N2O2S/c1-13-4-8-15(9-5-13)18-19(16-10-6-14(2)7-11-16)25-20(22-18)21-17(23)12-24-3/h4-11H,12H2,1-3H3,(H,21,22,23). The van der Waals surface area contributed by atoms with Crippen LogP contribution in [0.2, 0.25) is 0 Å². The first-order chi connectivity index (χ1) is 12.1. The van der Waals surface area contributed by atoms with E-state index in [2.05, 4.69) is 72.7 Å². The second-order valence-electron chi connectivity index (χ2n) is 5.91. The predicted molar refractivity (Wildman–Crippen MR) is 103 cm³/mol. The molecule has 0 fully saturated rings. The highest BCUT2D eigenvalue weighted by Crippen LogP contribution is 2.39. The SMILES string of the molecule is COCC(=O)Nc1nc(-c2ccc(C)cc2)c(-c2ccc(C)cc2)s1. The molecule has 0 aliphatic rings. The number of hydrogen-bond donors (Lipinski definition) is 1. The van der Waals surface area contributed by atoms with Gasteiger partial charge in [-0.3, -0.25) is 10.1 Å². The van der Waals surface area contributed by atoms with Crippen molar-refractivity contribution in [1.29, 1.82) is 0 Å². The van der Waals surface area contributed by atoms with Gasteiger partial charge in [0, 0.05) is 12.7 Å². The fourth-order valence-electron chi connectivity index (χ4n) is 2.47. The summed E-state index contributed by atoms with van der Waals surface area (Å²) in [7, 11) is 1.50. The Labute approximate surface area is 151 Å². The van der Waals surface area contributed by atoms with E-state index in [-0.39, 0.29) is 12.5 Å². The lowest BCUT2D eigenvalue weighted by Crippen LogP contribution is -2.16. The van der Waals surface area contributed by atoms with Gasteiger partial charge in [0.2, 0.25) is 0 Å². The minimum absolute atomic E-state index is 0.0132. The lowest BCUT2D eigenvalue weighted by atomic mass is 10.0. The van der Waals surface area contributed by atoms with Gasteiger partial charge in [0.1, 0.15) is 6.61 Å². The van der Waals surface area contributed by atoms with Gasteiger partial charge in [-0.15, -0.1) is 0 Å². The maximum absolute atomic E-state index is 11.8. The molecule has 1 aromatic heterocycles. The van der Waals surface area contributed by atoms with Crippen LogP contribution >= 0.6 is 11.3 Å². The molecular formula is C20H20N2O2S. The van der Waals surface area contributed by atoms with Crippen molar-refractivity contribution in [3.8, 4) is 21.7 Å². The molecule has 1 amide bonds. The normalized spacial score (nSPS) is 10.7. The first-order valence-corrected chi connectivity index (χ1v) is 8.82. The number of aromatic nitrogens is 1. The third kappa shape index (κ3) is 4.13. The minimum atomic E-state index is -0.206. The highest BCUT2D eigenvalue weighted by atomic mass is 32.1. The maximum Gasteiger partial charge on any atom is 0.252 e. The Balaban J connectivity index is 2.04. The maximum atomic E-state index is 11.8. The Bertz CT molecular complexity index is 805. The molecule has 0 saturated carbocycles. The number of nitrogens with one attached hydrogen (secondary N) is 1. The average Bonchev–Trinajstić information content (AvgIpc) is 3.00. The van der Waals surface area contributed by atoms with E-state index in [9.17, 15) is 4.79 Å². The Kier molecular flexibility index (Phi) is 5.26. The van der Waals surface area contributed by atoms with Gasteiger partial charge in [-0.25, -0.2) is 4.98 Å². The molecule has 0 saturated heterocycles. The summed E-state index contributed by atoms with van der Waals surface area (Å²) in [4.78, 5) is 17.5. The van der Waals surface area contributed by atoms with Crippen molar-refractivity contribution in [3.05, 3.63) is 59.7 Å². The lowest BCUT2D eigenvalue weighted by molar-refractivity contribution is -0.119. The van der Waals surface area contributed by atoms with E-state index in [4.69, 9.17) is 4.74 Å². The summed E-state index contributed by atoms with van der Waals surface area (Å²) in [6.45, 7) is 4.13. The van der Waals surface area contributed by atoms with Gasteiger partial charge in [0.05, 0.1) is 10.6 Å². The minimum Gasteiger partial charge on any atom is -0.375 e. The summed E-state index contributed by atoms with van der Waals surface area (Å²) < 4.78 is 4.87. The van der Waals surface area contributed by atoms with Gasteiger partial charge in [0.25, 0.3) is 5.91 Å². The van der Waals surface area contributed by atoms with Gasteiger partial charge in [0.15, 0.2) is 5.13 Å². The highest BCUT2D eigenvalue weighted by Gasteiger charge is 2.16. The lowest BCUT2D eigenvalue weighted by Gasteiger charge is -2.04. The molecule has 0 unspecified atom stereocenters.